The van der Waals surface area contributed by atoms with E-state index < -0.39 is 0 Å². The molecule has 0 aliphatic heterocycles. The quantitative estimate of drug-likeness (QED) is 0.361. The van der Waals surface area contributed by atoms with Crippen molar-refractivity contribution in [1.29, 1.82) is 0 Å². The van der Waals surface area contributed by atoms with Crippen LogP contribution in [-0.2, 0) is 4.79 Å². The molecule has 3 aromatic rings. The predicted octanol–water partition coefficient (Wildman–Crippen LogP) is 1.62. The van der Waals surface area contributed by atoms with E-state index in [4.69, 9.17) is 4.74 Å². The summed E-state index contributed by atoms with van der Waals surface area (Å²) in [4.78, 5) is 12.0. The highest BCUT2D eigenvalue weighted by atomic mass is 32.2. The van der Waals surface area contributed by atoms with Gasteiger partial charge in [0, 0.05) is 0 Å². The van der Waals surface area contributed by atoms with Crippen LogP contribution in [0.1, 0.15) is 5.56 Å². The second kappa shape index (κ2) is 8.81. The van der Waals surface area contributed by atoms with Gasteiger partial charge in [-0.05, 0) is 46.3 Å². The molecule has 0 unspecified atom stereocenters. The summed E-state index contributed by atoms with van der Waals surface area (Å²) in [5, 5.41) is 25.5. The van der Waals surface area contributed by atoms with E-state index in [1.807, 2.05) is 30.3 Å². The Labute approximate surface area is 159 Å². The molecule has 0 radical (unpaired) electrons. The zero-order valence-corrected chi connectivity index (χ0v) is 15.1. The van der Waals surface area contributed by atoms with Crippen LogP contribution in [0.3, 0.4) is 0 Å². The Morgan fingerprint density at radius 3 is 2.93 bits per heavy atom. The van der Waals surface area contributed by atoms with Gasteiger partial charge in [0.1, 0.15) is 0 Å². The van der Waals surface area contributed by atoms with Crippen molar-refractivity contribution in [3.8, 4) is 17.2 Å². The average molecular weight is 384 g/mol. The number of aromatic hydroxyl groups is 1. The van der Waals surface area contributed by atoms with Crippen LogP contribution in [-0.4, -0.2) is 50.3 Å². The fourth-order valence-corrected chi connectivity index (χ4v) is 2.80. The minimum Gasteiger partial charge on any atom is -0.504 e. The number of nitrogens with one attached hydrogen (secondary N) is 1. The number of phenolic OH excluding ortho intramolecular Hbond substituents is 1. The normalized spacial score (nSPS) is 10.9. The van der Waals surface area contributed by atoms with Crippen molar-refractivity contribution in [1.82, 2.24) is 25.6 Å². The zero-order valence-electron chi connectivity index (χ0n) is 14.3. The van der Waals surface area contributed by atoms with Crippen molar-refractivity contribution in [2.24, 2.45) is 5.10 Å². The molecular formula is C17H16N6O3S. The maximum Gasteiger partial charge on any atom is 0.250 e. The lowest BCUT2D eigenvalue weighted by Crippen LogP contribution is -2.20. The molecular weight excluding hydrogens is 368 g/mol. The van der Waals surface area contributed by atoms with E-state index in [-0.39, 0.29) is 17.4 Å². The fourth-order valence-electron chi connectivity index (χ4n) is 2.12. The molecule has 0 aliphatic rings. The molecule has 0 aliphatic carbocycles. The Hall–Kier alpha value is -3.40. The van der Waals surface area contributed by atoms with Gasteiger partial charge in [0.15, 0.2) is 11.5 Å². The maximum absolute atomic E-state index is 12.0. The van der Waals surface area contributed by atoms with E-state index in [9.17, 15) is 9.90 Å². The lowest BCUT2D eigenvalue weighted by Gasteiger charge is -2.04. The number of amides is 1. The molecule has 1 heterocycles. The third-order valence-corrected chi connectivity index (χ3v) is 4.30. The number of carbonyl (C=O) groups is 1. The van der Waals surface area contributed by atoms with Crippen LogP contribution < -0.4 is 10.2 Å². The zero-order chi connectivity index (χ0) is 19.1. The van der Waals surface area contributed by atoms with Gasteiger partial charge in [0.25, 0.3) is 5.91 Å². The van der Waals surface area contributed by atoms with Crippen molar-refractivity contribution in [2.45, 2.75) is 5.16 Å². The molecule has 1 amide bonds. The number of tetrazole rings is 1. The SMILES string of the molecule is COc1cc(/C=N/NC(=O)CSc2nnnn2-c2ccccc2)ccc1O. The number of hydrogen-bond donors (Lipinski definition) is 2. The van der Waals surface area contributed by atoms with E-state index in [1.54, 1.807) is 16.8 Å². The summed E-state index contributed by atoms with van der Waals surface area (Å²) in [6.45, 7) is 0. The first-order chi connectivity index (χ1) is 13.2. The van der Waals surface area contributed by atoms with Gasteiger partial charge >= 0.3 is 0 Å². The molecule has 9 nitrogen and oxygen atoms in total. The summed E-state index contributed by atoms with van der Waals surface area (Å²) in [7, 11) is 1.46. The first-order valence-electron chi connectivity index (χ1n) is 7.83. The number of nitrogens with zero attached hydrogens (tertiary/aromatic N) is 5. The number of carbonyl (C=O) groups excluding carboxylic acids is 1. The lowest BCUT2D eigenvalue weighted by molar-refractivity contribution is -0.118. The number of methoxy groups -OCH3 is 1. The molecule has 10 heteroatoms. The maximum atomic E-state index is 12.0. The molecule has 0 atom stereocenters. The van der Waals surface area contributed by atoms with E-state index in [0.29, 0.717) is 16.5 Å². The highest BCUT2D eigenvalue weighted by Gasteiger charge is 2.11. The minimum absolute atomic E-state index is 0.0335. The van der Waals surface area contributed by atoms with Gasteiger partial charge in [-0.15, -0.1) is 5.10 Å². The van der Waals surface area contributed by atoms with E-state index in [0.717, 1.165) is 5.69 Å². The first-order valence-corrected chi connectivity index (χ1v) is 8.81. The standard InChI is InChI=1S/C17H16N6O3S/c1-26-15-9-12(7-8-14(15)24)10-18-19-16(25)11-27-17-20-21-22-23(17)13-5-3-2-4-6-13/h2-10,24H,11H2,1H3,(H,19,25)/b18-10+. The Bertz CT molecular complexity index is 945. The summed E-state index contributed by atoms with van der Waals surface area (Å²) in [6, 6.07) is 14.1. The van der Waals surface area contributed by atoms with Crippen molar-refractivity contribution in [2.75, 3.05) is 12.9 Å². The number of benzene rings is 2. The molecule has 3 rings (SSSR count). The molecule has 0 spiro atoms. The number of hydrazone groups is 1. The molecule has 138 valence electrons. The van der Waals surface area contributed by atoms with Crippen LogP contribution in [0.4, 0.5) is 0 Å². The average Bonchev–Trinajstić information content (AvgIpc) is 3.17. The number of para-hydroxylation sites is 1. The van der Waals surface area contributed by atoms with Crippen LogP contribution in [0.5, 0.6) is 11.5 Å². The number of aromatic nitrogens is 4. The van der Waals surface area contributed by atoms with Crippen LogP contribution in [0, 0.1) is 0 Å². The number of ether oxygens (including phenoxy) is 1. The number of rotatable bonds is 7. The summed E-state index contributed by atoms with van der Waals surface area (Å²) in [5.74, 6) is 0.160. The highest BCUT2D eigenvalue weighted by molar-refractivity contribution is 7.99. The minimum atomic E-state index is -0.301. The van der Waals surface area contributed by atoms with Gasteiger partial charge in [0.2, 0.25) is 5.16 Å². The summed E-state index contributed by atoms with van der Waals surface area (Å²) >= 11 is 1.20. The van der Waals surface area contributed by atoms with E-state index in [1.165, 1.54) is 31.2 Å². The smallest absolute Gasteiger partial charge is 0.250 e. The first kappa shape index (κ1) is 18.4. The fraction of sp³-hybridized carbons (Fsp3) is 0.118. The Kier molecular flexibility index (Phi) is 6.00. The molecule has 2 aromatic carbocycles. The van der Waals surface area contributed by atoms with Gasteiger partial charge in [-0.2, -0.15) is 9.78 Å². The third-order valence-electron chi connectivity index (χ3n) is 3.38. The third kappa shape index (κ3) is 4.82. The van der Waals surface area contributed by atoms with Crippen LogP contribution in [0.15, 0.2) is 58.8 Å². The Balaban J connectivity index is 1.54. The molecule has 1 aromatic heterocycles. The van der Waals surface area contributed by atoms with Crippen LogP contribution in [0.2, 0.25) is 0 Å². The molecule has 0 saturated heterocycles. The van der Waals surface area contributed by atoms with Crippen molar-refractivity contribution in [3.05, 3.63) is 54.1 Å². The van der Waals surface area contributed by atoms with Crippen molar-refractivity contribution in [3.63, 3.8) is 0 Å². The topological polar surface area (TPSA) is 115 Å². The molecule has 27 heavy (non-hydrogen) atoms. The summed E-state index contributed by atoms with van der Waals surface area (Å²) < 4.78 is 6.58. The molecule has 0 bridgehead atoms. The second-order valence-electron chi connectivity index (χ2n) is 5.22. The van der Waals surface area contributed by atoms with Crippen LogP contribution in [0.25, 0.3) is 5.69 Å². The number of phenols is 1. The largest absolute Gasteiger partial charge is 0.504 e. The van der Waals surface area contributed by atoms with Gasteiger partial charge in [0.05, 0.1) is 24.8 Å². The van der Waals surface area contributed by atoms with Crippen molar-refractivity contribution < 1.29 is 14.6 Å². The second-order valence-corrected chi connectivity index (χ2v) is 6.16. The summed E-state index contributed by atoms with van der Waals surface area (Å²) in [6.07, 6.45) is 1.46. The number of thioether (sulfide) groups is 1. The van der Waals surface area contributed by atoms with Gasteiger partial charge < -0.3 is 9.84 Å². The molecule has 0 fully saturated rings. The summed E-state index contributed by atoms with van der Waals surface area (Å²) in [5.41, 5.74) is 3.92. The highest BCUT2D eigenvalue weighted by Crippen LogP contribution is 2.25. The van der Waals surface area contributed by atoms with E-state index >= 15 is 0 Å². The Morgan fingerprint density at radius 1 is 1.33 bits per heavy atom. The van der Waals surface area contributed by atoms with Crippen molar-refractivity contribution >= 4 is 23.9 Å². The van der Waals surface area contributed by atoms with Crippen LogP contribution >= 0.6 is 11.8 Å². The van der Waals surface area contributed by atoms with Gasteiger partial charge in [-0.1, -0.05) is 30.0 Å². The predicted molar refractivity (Wildman–Crippen MR) is 100 cm³/mol. The Morgan fingerprint density at radius 2 is 2.15 bits per heavy atom. The molecule has 0 saturated carbocycles. The van der Waals surface area contributed by atoms with Gasteiger partial charge in [-0.25, -0.2) is 5.43 Å². The van der Waals surface area contributed by atoms with E-state index in [2.05, 4.69) is 26.1 Å². The number of hydrogen-bond acceptors (Lipinski definition) is 8. The van der Waals surface area contributed by atoms with Gasteiger partial charge in [-0.3, -0.25) is 4.79 Å². The molecule has 2 N–H and O–H groups in total. The monoisotopic (exact) mass is 384 g/mol. The lowest BCUT2D eigenvalue weighted by atomic mass is 10.2.